The second-order valence-electron chi connectivity index (χ2n) is 6.26. The lowest BCUT2D eigenvalue weighted by Crippen LogP contribution is -2.36. The first kappa shape index (κ1) is 13.9. The van der Waals surface area contributed by atoms with Crippen molar-refractivity contribution in [2.45, 2.75) is 38.8 Å². The highest BCUT2D eigenvalue weighted by Crippen LogP contribution is 2.25. The van der Waals surface area contributed by atoms with Gasteiger partial charge in [0, 0.05) is 31.4 Å². The summed E-state index contributed by atoms with van der Waals surface area (Å²) in [5, 5.41) is 3.69. The summed E-state index contributed by atoms with van der Waals surface area (Å²) in [6.45, 7) is 7.08. The molecule has 1 aromatic carbocycles. The number of hydrogen-bond donors (Lipinski definition) is 1. The Morgan fingerprint density at radius 1 is 1.15 bits per heavy atom. The predicted molar refractivity (Wildman–Crippen MR) is 83.1 cm³/mol. The minimum Gasteiger partial charge on any atom is -0.378 e. The molecule has 2 atom stereocenters. The summed E-state index contributed by atoms with van der Waals surface area (Å²) < 4.78 is 5.40. The van der Waals surface area contributed by atoms with Gasteiger partial charge in [0.2, 0.25) is 0 Å². The average molecular weight is 274 g/mol. The molecule has 1 saturated carbocycles. The second-order valence-corrected chi connectivity index (χ2v) is 6.26. The van der Waals surface area contributed by atoms with Crippen molar-refractivity contribution in [1.29, 1.82) is 0 Å². The standard InChI is InChI=1S/C17H26N2O/c1-14-2-5-16(12-14)18-13-15-3-6-17(7-4-15)19-8-10-20-11-9-19/h3-4,6-7,14,16,18H,2,5,8-13H2,1H3. The summed E-state index contributed by atoms with van der Waals surface area (Å²) in [6, 6.07) is 9.75. The maximum absolute atomic E-state index is 5.40. The van der Waals surface area contributed by atoms with E-state index in [-0.39, 0.29) is 0 Å². The highest BCUT2D eigenvalue weighted by atomic mass is 16.5. The first-order valence-corrected chi connectivity index (χ1v) is 7.96. The first-order valence-electron chi connectivity index (χ1n) is 7.96. The van der Waals surface area contributed by atoms with Gasteiger partial charge in [-0.3, -0.25) is 0 Å². The van der Waals surface area contributed by atoms with Crippen LogP contribution in [0.4, 0.5) is 5.69 Å². The van der Waals surface area contributed by atoms with Gasteiger partial charge in [0.1, 0.15) is 0 Å². The number of hydrogen-bond acceptors (Lipinski definition) is 3. The molecule has 110 valence electrons. The molecule has 3 nitrogen and oxygen atoms in total. The first-order chi connectivity index (χ1) is 9.81. The molecule has 1 aliphatic carbocycles. The third-order valence-electron chi connectivity index (χ3n) is 4.60. The Labute approximate surface area is 122 Å². The van der Waals surface area contributed by atoms with Crippen LogP contribution in [-0.2, 0) is 11.3 Å². The lowest BCUT2D eigenvalue weighted by molar-refractivity contribution is 0.122. The molecule has 0 radical (unpaired) electrons. The summed E-state index contributed by atoms with van der Waals surface area (Å²) in [4.78, 5) is 2.40. The number of nitrogens with zero attached hydrogens (tertiary/aromatic N) is 1. The molecule has 3 rings (SSSR count). The molecule has 2 unspecified atom stereocenters. The normalized spacial score (nSPS) is 26.9. The molecule has 2 fully saturated rings. The van der Waals surface area contributed by atoms with Crippen LogP contribution in [0.3, 0.4) is 0 Å². The zero-order valence-electron chi connectivity index (χ0n) is 12.5. The molecule has 1 aromatic rings. The summed E-state index contributed by atoms with van der Waals surface area (Å²) in [6.07, 6.45) is 4.06. The minimum atomic E-state index is 0.726. The fourth-order valence-electron chi connectivity index (χ4n) is 3.30. The van der Waals surface area contributed by atoms with Crippen molar-refractivity contribution in [2.75, 3.05) is 31.2 Å². The fraction of sp³-hybridized carbons (Fsp3) is 0.647. The van der Waals surface area contributed by atoms with Crippen LogP contribution in [0.5, 0.6) is 0 Å². The van der Waals surface area contributed by atoms with Crippen LogP contribution in [0.25, 0.3) is 0 Å². The minimum absolute atomic E-state index is 0.726. The number of morpholine rings is 1. The molecule has 1 heterocycles. The predicted octanol–water partition coefficient (Wildman–Crippen LogP) is 2.80. The third kappa shape index (κ3) is 3.53. The zero-order chi connectivity index (χ0) is 13.8. The molecule has 20 heavy (non-hydrogen) atoms. The van der Waals surface area contributed by atoms with Gasteiger partial charge in [-0.2, -0.15) is 0 Å². The van der Waals surface area contributed by atoms with Crippen LogP contribution in [0, 0.1) is 5.92 Å². The fourth-order valence-corrected chi connectivity index (χ4v) is 3.30. The van der Waals surface area contributed by atoms with Gasteiger partial charge in [-0.05, 0) is 42.9 Å². The zero-order valence-corrected chi connectivity index (χ0v) is 12.5. The molecular weight excluding hydrogens is 248 g/mol. The molecule has 0 aromatic heterocycles. The van der Waals surface area contributed by atoms with E-state index in [1.54, 1.807) is 0 Å². The van der Waals surface area contributed by atoms with Crippen LogP contribution < -0.4 is 10.2 Å². The van der Waals surface area contributed by atoms with Gasteiger partial charge in [-0.25, -0.2) is 0 Å². The number of ether oxygens (including phenoxy) is 1. The summed E-state index contributed by atoms with van der Waals surface area (Å²) >= 11 is 0. The van der Waals surface area contributed by atoms with E-state index in [9.17, 15) is 0 Å². The Balaban J connectivity index is 1.50. The Kier molecular flexibility index (Phi) is 4.58. The van der Waals surface area contributed by atoms with Crippen molar-refractivity contribution in [3.8, 4) is 0 Å². The quantitative estimate of drug-likeness (QED) is 0.913. The van der Waals surface area contributed by atoms with E-state index in [1.807, 2.05) is 0 Å². The van der Waals surface area contributed by atoms with Gasteiger partial charge in [0.15, 0.2) is 0 Å². The van der Waals surface area contributed by atoms with Crippen LogP contribution >= 0.6 is 0 Å². The van der Waals surface area contributed by atoms with Gasteiger partial charge in [-0.15, -0.1) is 0 Å². The molecule has 1 aliphatic heterocycles. The van der Waals surface area contributed by atoms with Gasteiger partial charge >= 0.3 is 0 Å². The Morgan fingerprint density at radius 2 is 1.90 bits per heavy atom. The van der Waals surface area contributed by atoms with E-state index >= 15 is 0 Å². The van der Waals surface area contributed by atoms with Crippen LogP contribution in [0.15, 0.2) is 24.3 Å². The maximum atomic E-state index is 5.40. The monoisotopic (exact) mass is 274 g/mol. The number of anilines is 1. The van der Waals surface area contributed by atoms with Crippen LogP contribution in [0.1, 0.15) is 31.7 Å². The van der Waals surface area contributed by atoms with Crippen molar-refractivity contribution < 1.29 is 4.74 Å². The molecule has 0 spiro atoms. The van der Waals surface area contributed by atoms with Gasteiger partial charge in [-0.1, -0.05) is 19.1 Å². The highest BCUT2D eigenvalue weighted by Gasteiger charge is 2.20. The average Bonchev–Trinajstić information content (AvgIpc) is 2.92. The summed E-state index contributed by atoms with van der Waals surface area (Å²) in [5.41, 5.74) is 2.72. The summed E-state index contributed by atoms with van der Waals surface area (Å²) in [7, 11) is 0. The number of rotatable bonds is 4. The van der Waals surface area contributed by atoms with Crippen molar-refractivity contribution in [1.82, 2.24) is 5.32 Å². The lowest BCUT2D eigenvalue weighted by atomic mass is 10.1. The molecule has 2 aliphatic rings. The van der Waals surface area contributed by atoms with E-state index in [4.69, 9.17) is 4.74 Å². The Morgan fingerprint density at radius 3 is 2.55 bits per heavy atom. The maximum Gasteiger partial charge on any atom is 0.0642 e. The van der Waals surface area contributed by atoms with E-state index in [0.29, 0.717) is 0 Å². The smallest absolute Gasteiger partial charge is 0.0642 e. The molecule has 3 heteroatoms. The van der Waals surface area contributed by atoms with E-state index < -0.39 is 0 Å². The van der Waals surface area contributed by atoms with E-state index in [2.05, 4.69) is 41.4 Å². The van der Waals surface area contributed by atoms with E-state index in [1.165, 1.54) is 30.5 Å². The second kappa shape index (κ2) is 6.59. The molecule has 0 amide bonds. The third-order valence-corrected chi connectivity index (χ3v) is 4.60. The Hall–Kier alpha value is -1.06. The molecule has 0 bridgehead atoms. The van der Waals surface area contributed by atoms with Gasteiger partial charge in [0.05, 0.1) is 13.2 Å². The van der Waals surface area contributed by atoms with Crippen molar-refractivity contribution in [3.63, 3.8) is 0 Å². The van der Waals surface area contributed by atoms with Gasteiger partial charge in [0.25, 0.3) is 0 Å². The van der Waals surface area contributed by atoms with Crippen molar-refractivity contribution >= 4 is 5.69 Å². The van der Waals surface area contributed by atoms with Gasteiger partial charge < -0.3 is 15.0 Å². The molecule has 1 saturated heterocycles. The van der Waals surface area contributed by atoms with Crippen LogP contribution in [0.2, 0.25) is 0 Å². The Bertz CT molecular complexity index is 412. The van der Waals surface area contributed by atoms with Crippen molar-refractivity contribution in [3.05, 3.63) is 29.8 Å². The number of nitrogens with one attached hydrogen (secondary N) is 1. The van der Waals surface area contributed by atoms with E-state index in [0.717, 1.165) is 44.8 Å². The van der Waals surface area contributed by atoms with Crippen LogP contribution in [-0.4, -0.2) is 32.3 Å². The number of benzene rings is 1. The topological polar surface area (TPSA) is 24.5 Å². The SMILES string of the molecule is CC1CCC(NCc2ccc(N3CCOCC3)cc2)C1. The summed E-state index contributed by atoms with van der Waals surface area (Å²) in [5.74, 6) is 0.899. The molecule has 1 N–H and O–H groups in total. The lowest BCUT2D eigenvalue weighted by Gasteiger charge is -2.29. The van der Waals surface area contributed by atoms with Crippen molar-refractivity contribution in [2.24, 2.45) is 5.92 Å². The largest absolute Gasteiger partial charge is 0.378 e. The molecular formula is C17H26N2O. The highest BCUT2D eigenvalue weighted by molar-refractivity contribution is 5.47.